The van der Waals surface area contributed by atoms with Crippen molar-refractivity contribution in [1.82, 2.24) is 48.3 Å². The minimum Gasteiger partial charge on any atom is -0.376 e. The SMILES string of the molecule is Cc1cc(-n2nc3c(c2-n2ccn(-c4ccc5c(cnn5C)c4)c2=O)CN(C(=O)c2cc4cc([C@@H]5CCOC(C)(C)C5)ccc4n2[C@@]2(c4noc(=O)[nH]4)C[C@@H]2C)CC3)cc(C)c1F. The Morgan fingerprint density at radius 1 is 0.937 bits per heavy atom. The zero-order chi connectivity index (χ0) is 43.7. The van der Waals surface area contributed by atoms with Crippen LogP contribution in [0.15, 0.2) is 87.3 Å². The maximum absolute atomic E-state index is 15.3. The van der Waals surface area contributed by atoms with Crippen molar-refractivity contribution in [3.63, 3.8) is 0 Å². The van der Waals surface area contributed by atoms with Gasteiger partial charge in [0.15, 0.2) is 5.82 Å². The lowest BCUT2D eigenvalue weighted by atomic mass is 9.83. The summed E-state index contributed by atoms with van der Waals surface area (Å²) in [5, 5.41) is 15.4. The second-order valence-corrected chi connectivity index (χ2v) is 18.3. The molecule has 3 aromatic carbocycles. The first-order valence-electron chi connectivity index (χ1n) is 21.5. The van der Waals surface area contributed by atoms with Crippen LogP contribution in [0.1, 0.15) is 90.2 Å². The number of halogens is 1. The van der Waals surface area contributed by atoms with Gasteiger partial charge in [-0.25, -0.2) is 18.7 Å². The van der Waals surface area contributed by atoms with Gasteiger partial charge in [0.1, 0.15) is 22.9 Å². The lowest BCUT2D eigenvalue weighted by Crippen LogP contribution is -2.39. The van der Waals surface area contributed by atoms with E-state index in [1.807, 2.05) is 31.3 Å². The highest BCUT2D eigenvalue weighted by Crippen LogP contribution is 2.56. The number of hydrogen-bond acceptors (Lipinski definition) is 8. The second-order valence-electron chi connectivity index (χ2n) is 18.3. The fraction of sp³-hybridized carbons (Fsp3) is 0.362. The molecule has 3 atom stereocenters. The average Bonchev–Trinajstić information content (AvgIpc) is 3.88. The number of benzene rings is 3. The van der Waals surface area contributed by atoms with Crippen LogP contribution in [-0.4, -0.2) is 73.0 Å². The van der Waals surface area contributed by atoms with Crippen molar-refractivity contribution in [2.24, 2.45) is 13.0 Å². The molecule has 0 spiro atoms. The number of aryl methyl sites for hydroxylation is 3. The van der Waals surface area contributed by atoms with Crippen LogP contribution in [0.25, 0.3) is 39.0 Å². The highest BCUT2D eigenvalue weighted by atomic mass is 19.1. The summed E-state index contributed by atoms with van der Waals surface area (Å²) in [5.41, 5.74) is 5.64. The zero-order valence-electron chi connectivity index (χ0n) is 36.0. The third-order valence-corrected chi connectivity index (χ3v) is 13.7. The van der Waals surface area contributed by atoms with E-state index in [4.69, 9.17) is 14.4 Å². The fourth-order valence-corrected chi connectivity index (χ4v) is 10.4. The van der Waals surface area contributed by atoms with Crippen LogP contribution < -0.4 is 11.4 Å². The van der Waals surface area contributed by atoms with Gasteiger partial charge in [-0.3, -0.25) is 28.1 Å². The van der Waals surface area contributed by atoms with E-state index in [0.29, 0.717) is 77.3 Å². The molecule has 8 aromatic rings. The molecule has 2 fully saturated rings. The van der Waals surface area contributed by atoms with Crippen molar-refractivity contribution < 1.29 is 18.4 Å². The smallest absolute Gasteiger partial charge is 0.376 e. The Morgan fingerprint density at radius 3 is 2.43 bits per heavy atom. The number of H-pyrrole nitrogens is 1. The Balaban J connectivity index is 1.03. The monoisotopic (exact) mass is 850 g/mol. The van der Waals surface area contributed by atoms with E-state index < -0.39 is 11.3 Å². The van der Waals surface area contributed by atoms with Crippen LogP contribution >= 0.6 is 0 Å². The molecular weight excluding hydrogens is 804 g/mol. The zero-order valence-corrected chi connectivity index (χ0v) is 36.0. The van der Waals surface area contributed by atoms with Crippen LogP contribution in [0.5, 0.6) is 0 Å². The maximum Gasteiger partial charge on any atom is 0.438 e. The van der Waals surface area contributed by atoms with Crippen LogP contribution in [-0.2, 0) is 30.3 Å². The van der Waals surface area contributed by atoms with Gasteiger partial charge in [-0.15, -0.1) is 0 Å². The number of ether oxygens (including phenoxy) is 1. The Hall–Kier alpha value is -6.81. The molecule has 1 saturated carbocycles. The van der Waals surface area contributed by atoms with Crippen LogP contribution in [0.2, 0.25) is 0 Å². The highest BCUT2D eigenvalue weighted by molar-refractivity contribution is 5.99. The molecule has 0 radical (unpaired) electrons. The number of carbonyl (C=O) groups is 1. The Bertz CT molecular complexity index is 3280. The van der Waals surface area contributed by atoms with Crippen LogP contribution in [0.3, 0.4) is 0 Å². The molecule has 11 rings (SSSR count). The molecule has 5 aromatic heterocycles. The fourth-order valence-electron chi connectivity index (χ4n) is 10.4. The lowest BCUT2D eigenvalue weighted by molar-refractivity contribution is -0.0592. The van der Waals surface area contributed by atoms with Crippen molar-refractivity contribution >= 4 is 27.7 Å². The molecule has 63 heavy (non-hydrogen) atoms. The molecule has 322 valence electrons. The first-order valence-corrected chi connectivity index (χ1v) is 21.5. The number of aromatic amines is 1. The average molecular weight is 851 g/mol. The lowest BCUT2D eigenvalue weighted by Gasteiger charge is -2.35. The Morgan fingerprint density at radius 2 is 1.70 bits per heavy atom. The standard InChI is InChI=1S/C47H47FN10O5/c1-26-17-34(18-27(2)40(26)48)58-41(56-15-14-55(45(56)61)33-8-10-37-32(20-33)24-49-53(37)6)35-25-54(13-11-36(35)51-58)42(59)39-21-31-19-29(30-12-16-62-46(4,5)23-30)7-9-38(31)57(39)47(22-28(47)3)43-50-44(60)63-52-43/h7-10,14-15,17-21,24,28,30H,11-13,16,22-23,25H2,1-6H3,(H,50,52,60)/t28-,30+,47-/m0/s1. The Kier molecular flexibility index (Phi) is 8.59. The van der Waals surface area contributed by atoms with Crippen molar-refractivity contribution in [1.29, 1.82) is 0 Å². The van der Waals surface area contributed by atoms with Gasteiger partial charge in [-0.05, 0) is 124 Å². The number of rotatable bonds is 7. The molecule has 16 heteroatoms. The molecule has 15 nitrogen and oxygen atoms in total. The van der Waals surface area contributed by atoms with Gasteiger partial charge < -0.3 is 14.2 Å². The molecule has 0 bridgehead atoms. The molecule has 1 aliphatic carbocycles. The number of fused-ring (bicyclic) bond motifs is 3. The summed E-state index contributed by atoms with van der Waals surface area (Å²) in [6, 6.07) is 17.6. The topological polar surface area (TPSA) is 156 Å². The van der Waals surface area contributed by atoms with E-state index in [0.717, 1.165) is 40.3 Å². The van der Waals surface area contributed by atoms with Crippen molar-refractivity contribution in [2.45, 2.75) is 83.9 Å². The van der Waals surface area contributed by atoms with E-state index >= 15 is 9.18 Å². The first-order chi connectivity index (χ1) is 30.2. The summed E-state index contributed by atoms with van der Waals surface area (Å²) < 4.78 is 34.8. The van der Waals surface area contributed by atoms with E-state index in [1.165, 1.54) is 5.56 Å². The molecule has 1 saturated heterocycles. The molecule has 1 N–H and O–H groups in total. The van der Waals surface area contributed by atoms with Gasteiger partial charge in [0.25, 0.3) is 5.91 Å². The van der Waals surface area contributed by atoms with Crippen molar-refractivity contribution in [2.75, 3.05) is 13.2 Å². The summed E-state index contributed by atoms with van der Waals surface area (Å²) in [7, 11) is 1.87. The third-order valence-electron chi connectivity index (χ3n) is 13.7. The van der Waals surface area contributed by atoms with E-state index in [1.54, 1.807) is 68.0 Å². The highest BCUT2D eigenvalue weighted by Gasteiger charge is 2.59. The summed E-state index contributed by atoms with van der Waals surface area (Å²) in [5.74, 6) is 0.00231. The predicted octanol–water partition coefficient (Wildman–Crippen LogP) is 6.74. The normalized spacial score (nSPS) is 20.8. The summed E-state index contributed by atoms with van der Waals surface area (Å²) in [4.78, 5) is 46.9. The quantitative estimate of drug-likeness (QED) is 0.185. The first kappa shape index (κ1) is 39.1. The Labute approximate surface area is 360 Å². The summed E-state index contributed by atoms with van der Waals surface area (Å²) in [6.45, 7) is 10.9. The van der Waals surface area contributed by atoms with Gasteiger partial charge in [0.05, 0.1) is 40.9 Å². The minimum absolute atomic E-state index is 0.0339. The number of imidazole rings is 1. The van der Waals surface area contributed by atoms with Gasteiger partial charge in [-0.2, -0.15) is 10.2 Å². The number of carbonyl (C=O) groups excluding carboxylic acids is 1. The largest absolute Gasteiger partial charge is 0.438 e. The molecule has 3 aliphatic rings. The van der Waals surface area contributed by atoms with E-state index in [-0.39, 0.29) is 35.5 Å². The number of hydrogen-bond donors (Lipinski definition) is 1. The minimum atomic E-state index is -0.814. The summed E-state index contributed by atoms with van der Waals surface area (Å²) in [6.07, 6.45) is 8.02. The number of aromatic nitrogens is 9. The second kappa shape index (κ2) is 13.8. The van der Waals surface area contributed by atoms with Crippen LogP contribution in [0.4, 0.5) is 4.39 Å². The van der Waals surface area contributed by atoms with Crippen LogP contribution in [0, 0.1) is 25.6 Å². The maximum atomic E-state index is 15.3. The molecule has 2 aliphatic heterocycles. The number of amides is 1. The van der Waals surface area contributed by atoms with E-state index in [9.17, 15) is 9.59 Å². The molecule has 1 amide bonds. The number of nitrogens with one attached hydrogen (secondary N) is 1. The van der Waals surface area contributed by atoms with Crippen molar-refractivity contribution in [3.8, 4) is 17.2 Å². The molecule has 0 unspecified atom stereocenters. The number of nitrogens with zero attached hydrogens (tertiary/aromatic N) is 9. The van der Waals surface area contributed by atoms with Gasteiger partial charge in [0, 0.05) is 60.9 Å². The molecular formula is C47H47FN10O5. The van der Waals surface area contributed by atoms with Gasteiger partial charge in [-0.1, -0.05) is 18.1 Å². The third kappa shape index (κ3) is 6.08. The van der Waals surface area contributed by atoms with Crippen molar-refractivity contribution in [3.05, 3.63) is 140 Å². The molecule has 7 heterocycles. The van der Waals surface area contributed by atoms with Gasteiger partial charge in [0.2, 0.25) is 0 Å². The van der Waals surface area contributed by atoms with E-state index in [2.05, 4.69) is 58.8 Å². The summed E-state index contributed by atoms with van der Waals surface area (Å²) >= 11 is 0. The van der Waals surface area contributed by atoms with Gasteiger partial charge >= 0.3 is 11.4 Å². The predicted molar refractivity (Wildman–Crippen MR) is 233 cm³/mol.